The van der Waals surface area contributed by atoms with Gasteiger partial charge in [0.25, 0.3) is 5.91 Å². The Morgan fingerprint density at radius 1 is 1.50 bits per heavy atom. The Morgan fingerprint density at radius 2 is 2.22 bits per heavy atom. The topological polar surface area (TPSA) is 54.0 Å². The normalized spacial score (nSPS) is 16.8. The standard InChI is InChI=1S/C13H21N3OS/c1-3-4-11-15-9(2)12(18-11)13(17)16-10-5-7-14-8-6-10/h10,14H,3-8H2,1-2H3,(H,16,17). The quantitative estimate of drug-likeness (QED) is 0.876. The molecule has 0 atom stereocenters. The first kappa shape index (κ1) is 13.5. The Balaban J connectivity index is 1.99. The van der Waals surface area contributed by atoms with E-state index in [4.69, 9.17) is 0 Å². The molecule has 0 unspecified atom stereocenters. The van der Waals surface area contributed by atoms with Crippen molar-refractivity contribution in [1.82, 2.24) is 15.6 Å². The van der Waals surface area contributed by atoms with Gasteiger partial charge >= 0.3 is 0 Å². The van der Waals surface area contributed by atoms with Gasteiger partial charge in [0.15, 0.2) is 0 Å². The minimum absolute atomic E-state index is 0.0549. The molecule has 0 spiro atoms. The molecule has 0 saturated carbocycles. The zero-order chi connectivity index (χ0) is 13.0. The number of amides is 1. The molecule has 0 radical (unpaired) electrons. The Hall–Kier alpha value is -0.940. The van der Waals surface area contributed by atoms with Crippen LogP contribution in [0.25, 0.3) is 0 Å². The van der Waals surface area contributed by atoms with Crippen LogP contribution in [-0.4, -0.2) is 30.0 Å². The third-order valence-electron chi connectivity index (χ3n) is 3.19. The van der Waals surface area contributed by atoms with Crippen molar-refractivity contribution >= 4 is 17.2 Å². The number of carbonyl (C=O) groups excluding carboxylic acids is 1. The number of thiazole rings is 1. The van der Waals surface area contributed by atoms with Crippen molar-refractivity contribution in [1.29, 1.82) is 0 Å². The molecular formula is C13H21N3OS. The van der Waals surface area contributed by atoms with Crippen LogP contribution in [0.2, 0.25) is 0 Å². The van der Waals surface area contributed by atoms with E-state index in [0.29, 0.717) is 6.04 Å². The summed E-state index contributed by atoms with van der Waals surface area (Å²) in [5, 5.41) is 7.50. The van der Waals surface area contributed by atoms with Crippen LogP contribution in [0.1, 0.15) is 46.6 Å². The minimum Gasteiger partial charge on any atom is -0.348 e. The number of hydrogen-bond donors (Lipinski definition) is 2. The second kappa shape index (κ2) is 6.29. The van der Waals surface area contributed by atoms with E-state index in [1.165, 1.54) is 0 Å². The lowest BCUT2D eigenvalue weighted by Gasteiger charge is -2.23. The maximum absolute atomic E-state index is 12.2. The van der Waals surface area contributed by atoms with Gasteiger partial charge in [0.05, 0.1) is 10.7 Å². The van der Waals surface area contributed by atoms with Gasteiger partial charge < -0.3 is 10.6 Å². The molecule has 100 valence electrons. The molecule has 0 aliphatic carbocycles. The van der Waals surface area contributed by atoms with Crippen LogP contribution >= 0.6 is 11.3 Å². The smallest absolute Gasteiger partial charge is 0.263 e. The highest BCUT2D eigenvalue weighted by Gasteiger charge is 2.20. The first-order valence-electron chi connectivity index (χ1n) is 6.68. The molecule has 5 heteroatoms. The summed E-state index contributed by atoms with van der Waals surface area (Å²) in [6.07, 6.45) is 4.07. The van der Waals surface area contributed by atoms with E-state index in [2.05, 4.69) is 22.5 Å². The molecule has 1 saturated heterocycles. The summed E-state index contributed by atoms with van der Waals surface area (Å²) in [7, 11) is 0. The number of carbonyl (C=O) groups is 1. The maximum Gasteiger partial charge on any atom is 0.263 e. The zero-order valence-corrected chi connectivity index (χ0v) is 11.9. The number of rotatable bonds is 4. The monoisotopic (exact) mass is 267 g/mol. The Morgan fingerprint density at radius 3 is 2.89 bits per heavy atom. The van der Waals surface area contributed by atoms with Gasteiger partial charge in [-0.3, -0.25) is 4.79 Å². The molecule has 4 nitrogen and oxygen atoms in total. The molecular weight excluding hydrogens is 246 g/mol. The molecule has 1 aromatic rings. The highest BCUT2D eigenvalue weighted by Crippen LogP contribution is 2.19. The van der Waals surface area contributed by atoms with Crippen molar-refractivity contribution in [2.75, 3.05) is 13.1 Å². The largest absolute Gasteiger partial charge is 0.348 e. The van der Waals surface area contributed by atoms with Gasteiger partial charge in [0.2, 0.25) is 0 Å². The molecule has 1 aliphatic heterocycles. The van der Waals surface area contributed by atoms with Crippen LogP contribution in [0.15, 0.2) is 0 Å². The molecule has 1 aromatic heterocycles. The summed E-state index contributed by atoms with van der Waals surface area (Å²) in [5.74, 6) is 0.0549. The molecule has 0 bridgehead atoms. The summed E-state index contributed by atoms with van der Waals surface area (Å²) in [6, 6.07) is 0.315. The molecule has 2 N–H and O–H groups in total. The van der Waals surface area contributed by atoms with Crippen molar-refractivity contribution in [3.05, 3.63) is 15.6 Å². The second-order valence-corrected chi connectivity index (χ2v) is 5.85. The van der Waals surface area contributed by atoms with Crippen molar-refractivity contribution in [3.63, 3.8) is 0 Å². The first-order chi connectivity index (χ1) is 8.70. The SMILES string of the molecule is CCCc1nc(C)c(C(=O)NC2CCNCC2)s1. The average Bonchev–Trinajstić information content (AvgIpc) is 2.72. The molecule has 2 rings (SSSR count). The van der Waals surface area contributed by atoms with Gasteiger partial charge in [-0.05, 0) is 45.7 Å². The van der Waals surface area contributed by atoms with Gasteiger partial charge in [0, 0.05) is 6.04 Å². The summed E-state index contributed by atoms with van der Waals surface area (Å²) < 4.78 is 0. The van der Waals surface area contributed by atoms with E-state index in [9.17, 15) is 4.79 Å². The number of aromatic nitrogens is 1. The number of nitrogens with one attached hydrogen (secondary N) is 2. The average molecular weight is 267 g/mol. The fourth-order valence-electron chi connectivity index (χ4n) is 2.20. The van der Waals surface area contributed by atoms with Crippen molar-refractivity contribution < 1.29 is 4.79 Å². The van der Waals surface area contributed by atoms with Crippen LogP contribution in [0, 0.1) is 6.92 Å². The zero-order valence-electron chi connectivity index (χ0n) is 11.1. The van der Waals surface area contributed by atoms with Crippen LogP contribution in [0.5, 0.6) is 0 Å². The molecule has 0 aromatic carbocycles. The molecule has 18 heavy (non-hydrogen) atoms. The molecule has 1 aliphatic rings. The number of hydrogen-bond acceptors (Lipinski definition) is 4. The lowest BCUT2D eigenvalue weighted by molar-refractivity contribution is 0.0933. The van der Waals surface area contributed by atoms with Crippen LogP contribution in [-0.2, 0) is 6.42 Å². The number of aryl methyl sites for hydroxylation is 2. The van der Waals surface area contributed by atoms with E-state index in [-0.39, 0.29) is 5.91 Å². The lowest BCUT2D eigenvalue weighted by Crippen LogP contribution is -2.42. The highest BCUT2D eigenvalue weighted by molar-refractivity contribution is 7.13. The predicted molar refractivity (Wildman–Crippen MR) is 74.2 cm³/mol. The Labute approximate surface area is 112 Å². The van der Waals surface area contributed by atoms with Crippen molar-refractivity contribution in [2.45, 2.75) is 45.6 Å². The Kier molecular flexibility index (Phi) is 4.72. The fourth-order valence-corrected chi connectivity index (χ4v) is 3.27. The molecule has 2 heterocycles. The molecule has 1 fully saturated rings. The number of piperidine rings is 1. The first-order valence-corrected chi connectivity index (χ1v) is 7.50. The Bertz CT molecular complexity index is 410. The maximum atomic E-state index is 12.2. The van der Waals surface area contributed by atoms with Crippen LogP contribution in [0.3, 0.4) is 0 Å². The summed E-state index contributed by atoms with van der Waals surface area (Å²) in [6.45, 7) is 6.04. The highest BCUT2D eigenvalue weighted by atomic mass is 32.1. The van der Waals surface area contributed by atoms with Crippen molar-refractivity contribution in [3.8, 4) is 0 Å². The van der Waals surface area contributed by atoms with Gasteiger partial charge in [-0.15, -0.1) is 11.3 Å². The number of nitrogens with zero attached hydrogens (tertiary/aromatic N) is 1. The summed E-state index contributed by atoms with van der Waals surface area (Å²) >= 11 is 1.54. The van der Waals surface area contributed by atoms with E-state index in [1.807, 2.05) is 6.92 Å². The third kappa shape index (κ3) is 3.29. The predicted octanol–water partition coefficient (Wildman–Crippen LogP) is 1.89. The van der Waals surface area contributed by atoms with Crippen molar-refractivity contribution in [2.24, 2.45) is 0 Å². The van der Waals surface area contributed by atoms with Gasteiger partial charge in [-0.1, -0.05) is 6.92 Å². The minimum atomic E-state index is 0.0549. The second-order valence-electron chi connectivity index (χ2n) is 4.77. The molecule has 1 amide bonds. The fraction of sp³-hybridized carbons (Fsp3) is 0.692. The summed E-state index contributed by atoms with van der Waals surface area (Å²) in [5.41, 5.74) is 0.870. The van der Waals surface area contributed by atoms with Gasteiger partial charge in [-0.25, -0.2) is 4.98 Å². The van der Waals surface area contributed by atoms with Crippen LogP contribution in [0.4, 0.5) is 0 Å². The van der Waals surface area contributed by atoms with E-state index >= 15 is 0 Å². The van der Waals surface area contributed by atoms with Gasteiger partial charge in [0.1, 0.15) is 4.88 Å². The lowest BCUT2D eigenvalue weighted by atomic mass is 10.1. The third-order valence-corrected chi connectivity index (χ3v) is 4.40. The van der Waals surface area contributed by atoms with E-state index in [0.717, 1.165) is 54.4 Å². The van der Waals surface area contributed by atoms with Crippen LogP contribution < -0.4 is 10.6 Å². The summed E-state index contributed by atoms with van der Waals surface area (Å²) in [4.78, 5) is 17.4. The van der Waals surface area contributed by atoms with Gasteiger partial charge in [-0.2, -0.15) is 0 Å². The van der Waals surface area contributed by atoms with E-state index in [1.54, 1.807) is 11.3 Å². The van der Waals surface area contributed by atoms with E-state index < -0.39 is 0 Å².